The van der Waals surface area contributed by atoms with Gasteiger partial charge in [0.1, 0.15) is 17.6 Å². The summed E-state index contributed by atoms with van der Waals surface area (Å²) in [4.78, 5) is 49.4. The molecule has 1 saturated heterocycles. The van der Waals surface area contributed by atoms with E-state index in [1.54, 1.807) is 24.9 Å². The number of H-pyrrole nitrogens is 1. The summed E-state index contributed by atoms with van der Waals surface area (Å²) >= 11 is 0. The van der Waals surface area contributed by atoms with E-state index in [1.165, 1.54) is 6.07 Å². The van der Waals surface area contributed by atoms with E-state index in [1.807, 2.05) is 60.7 Å². The lowest BCUT2D eigenvalue weighted by Gasteiger charge is -2.27. The van der Waals surface area contributed by atoms with Gasteiger partial charge in [-0.2, -0.15) is 0 Å². The van der Waals surface area contributed by atoms with Gasteiger partial charge in [-0.25, -0.2) is 4.98 Å². The molecule has 10 nitrogen and oxygen atoms in total. The number of likely N-dealkylation sites (tertiary alicyclic amines) is 1. The van der Waals surface area contributed by atoms with Crippen LogP contribution in [0.4, 0.5) is 0 Å². The van der Waals surface area contributed by atoms with Crippen molar-refractivity contribution in [1.29, 1.82) is 0 Å². The largest absolute Gasteiger partial charge is 0.361 e. The first-order valence-electron chi connectivity index (χ1n) is 13.4. The molecular weight excluding hydrogens is 508 g/mol. The molecule has 3 amide bonds. The number of nitrogens with one attached hydrogen (secondary N) is 3. The zero-order valence-electron chi connectivity index (χ0n) is 22.5. The van der Waals surface area contributed by atoms with E-state index in [0.29, 0.717) is 18.1 Å². The summed E-state index contributed by atoms with van der Waals surface area (Å²) in [5, 5.41) is 9.34. The Morgan fingerprint density at radius 1 is 1.07 bits per heavy atom. The van der Waals surface area contributed by atoms with Gasteiger partial charge >= 0.3 is 0 Å². The molecule has 40 heavy (non-hydrogen) atoms. The van der Waals surface area contributed by atoms with Gasteiger partial charge in [-0.15, -0.1) is 0 Å². The number of benzene rings is 2. The average Bonchev–Trinajstić information content (AvgIpc) is 3.74. The van der Waals surface area contributed by atoms with Crippen LogP contribution in [-0.4, -0.2) is 50.3 Å². The SMILES string of the molecule is Cc1cc(C(=O)N[C@@H](CC(=O)N2CCC[C@@H]2c2ccccc2)C(=O)N[C@@H](C)c2ncc(-c3ccccc3)[nH]2)no1. The van der Waals surface area contributed by atoms with Crippen LogP contribution in [0.5, 0.6) is 0 Å². The molecule has 10 heteroatoms. The van der Waals surface area contributed by atoms with Crippen LogP contribution in [-0.2, 0) is 9.59 Å². The summed E-state index contributed by atoms with van der Waals surface area (Å²) in [5.41, 5.74) is 2.88. The number of amides is 3. The highest BCUT2D eigenvalue weighted by Crippen LogP contribution is 2.32. The lowest BCUT2D eigenvalue weighted by molar-refractivity contribution is -0.135. The molecule has 1 aliphatic rings. The normalized spacial score (nSPS) is 16.4. The van der Waals surface area contributed by atoms with E-state index in [-0.39, 0.29) is 24.1 Å². The molecule has 0 aliphatic carbocycles. The quantitative estimate of drug-likeness (QED) is 0.293. The minimum absolute atomic E-state index is 0.0395. The predicted molar refractivity (Wildman–Crippen MR) is 148 cm³/mol. The minimum Gasteiger partial charge on any atom is -0.361 e. The molecule has 0 saturated carbocycles. The Labute approximate surface area is 232 Å². The minimum atomic E-state index is -1.12. The number of aromatic amines is 1. The van der Waals surface area contributed by atoms with Gasteiger partial charge in [0.25, 0.3) is 5.91 Å². The van der Waals surface area contributed by atoms with Crippen molar-refractivity contribution in [3.63, 3.8) is 0 Å². The second-order valence-corrected chi connectivity index (χ2v) is 9.99. The Kier molecular flexibility index (Phi) is 8.04. The molecule has 0 spiro atoms. The first kappa shape index (κ1) is 26.9. The van der Waals surface area contributed by atoms with Crippen LogP contribution in [0.1, 0.15) is 65.9 Å². The third-order valence-electron chi connectivity index (χ3n) is 7.07. The molecule has 206 valence electrons. The monoisotopic (exact) mass is 540 g/mol. The lowest BCUT2D eigenvalue weighted by Crippen LogP contribution is -2.50. The highest BCUT2D eigenvalue weighted by Gasteiger charge is 2.34. The van der Waals surface area contributed by atoms with Crippen LogP contribution < -0.4 is 10.6 Å². The van der Waals surface area contributed by atoms with Crippen LogP contribution in [0.3, 0.4) is 0 Å². The molecule has 1 fully saturated rings. The van der Waals surface area contributed by atoms with Crippen molar-refractivity contribution in [3.05, 3.63) is 95.8 Å². The van der Waals surface area contributed by atoms with E-state index in [4.69, 9.17) is 4.52 Å². The second kappa shape index (κ2) is 12.0. The number of carbonyl (C=O) groups is 3. The maximum absolute atomic E-state index is 13.5. The highest BCUT2D eigenvalue weighted by atomic mass is 16.5. The molecule has 0 radical (unpaired) electrons. The van der Waals surface area contributed by atoms with Gasteiger partial charge in [0, 0.05) is 12.6 Å². The van der Waals surface area contributed by atoms with Crippen molar-refractivity contribution in [1.82, 2.24) is 30.7 Å². The average molecular weight is 541 g/mol. The fourth-order valence-electron chi connectivity index (χ4n) is 5.00. The molecular formula is C30H32N6O4. The van der Waals surface area contributed by atoms with Crippen molar-refractivity contribution in [2.24, 2.45) is 0 Å². The fraction of sp³-hybridized carbons (Fsp3) is 0.300. The maximum atomic E-state index is 13.5. The number of hydrogen-bond acceptors (Lipinski definition) is 6. The van der Waals surface area contributed by atoms with Crippen molar-refractivity contribution in [2.75, 3.05) is 6.54 Å². The van der Waals surface area contributed by atoms with Crippen LogP contribution in [0.25, 0.3) is 11.3 Å². The molecule has 0 bridgehead atoms. The van der Waals surface area contributed by atoms with Gasteiger partial charge in [-0.3, -0.25) is 14.4 Å². The van der Waals surface area contributed by atoms with Crippen molar-refractivity contribution in [3.8, 4) is 11.3 Å². The number of imidazole rings is 1. The van der Waals surface area contributed by atoms with Crippen LogP contribution in [0, 0.1) is 6.92 Å². The Balaban J connectivity index is 1.31. The maximum Gasteiger partial charge on any atom is 0.274 e. The van der Waals surface area contributed by atoms with Gasteiger partial charge in [0.2, 0.25) is 11.8 Å². The van der Waals surface area contributed by atoms with Gasteiger partial charge in [-0.1, -0.05) is 65.8 Å². The van der Waals surface area contributed by atoms with Gasteiger partial charge in [0.05, 0.1) is 30.4 Å². The predicted octanol–water partition coefficient (Wildman–Crippen LogP) is 4.10. The number of aryl methyl sites for hydroxylation is 1. The van der Waals surface area contributed by atoms with Crippen LogP contribution in [0.15, 0.2) is 77.4 Å². The van der Waals surface area contributed by atoms with Crippen LogP contribution in [0.2, 0.25) is 0 Å². The number of carbonyl (C=O) groups excluding carboxylic acids is 3. The summed E-state index contributed by atoms with van der Waals surface area (Å²) in [7, 11) is 0. The summed E-state index contributed by atoms with van der Waals surface area (Å²) in [6.07, 6.45) is 3.22. The molecule has 2 aromatic carbocycles. The summed E-state index contributed by atoms with van der Waals surface area (Å²) < 4.78 is 5.02. The van der Waals surface area contributed by atoms with Crippen molar-refractivity contribution in [2.45, 2.75) is 51.2 Å². The number of hydrogen-bond donors (Lipinski definition) is 3. The molecule has 5 rings (SSSR count). The van der Waals surface area contributed by atoms with Gasteiger partial charge < -0.3 is 25.0 Å². The molecule has 3 N–H and O–H groups in total. The molecule has 2 aromatic heterocycles. The van der Waals surface area contributed by atoms with E-state index in [9.17, 15) is 14.4 Å². The Morgan fingerprint density at radius 3 is 2.50 bits per heavy atom. The fourth-order valence-corrected chi connectivity index (χ4v) is 5.00. The third kappa shape index (κ3) is 6.12. The van der Waals surface area contributed by atoms with Gasteiger partial charge in [-0.05, 0) is 37.8 Å². The van der Waals surface area contributed by atoms with Gasteiger partial charge in [0.15, 0.2) is 5.69 Å². The molecule has 4 aromatic rings. The van der Waals surface area contributed by atoms with E-state index in [0.717, 1.165) is 29.7 Å². The highest BCUT2D eigenvalue weighted by molar-refractivity contribution is 5.97. The third-order valence-corrected chi connectivity index (χ3v) is 7.07. The zero-order valence-corrected chi connectivity index (χ0v) is 22.5. The zero-order chi connectivity index (χ0) is 28.1. The first-order valence-corrected chi connectivity index (χ1v) is 13.4. The summed E-state index contributed by atoms with van der Waals surface area (Å²) in [5.74, 6) is -0.282. The summed E-state index contributed by atoms with van der Waals surface area (Å²) in [6, 6.07) is 19.4. The number of rotatable bonds is 9. The summed E-state index contributed by atoms with van der Waals surface area (Å²) in [6.45, 7) is 4.05. The first-order chi connectivity index (χ1) is 19.4. The van der Waals surface area contributed by atoms with Crippen molar-refractivity contribution >= 4 is 17.7 Å². The van der Waals surface area contributed by atoms with E-state index in [2.05, 4.69) is 25.8 Å². The molecule has 1 aliphatic heterocycles. The Hall–Kier alpha value is -4.73. The smallest absolute Gasteiger partial charge is 0.274 e. The molecule has 0 unspecified atom stereocenters. The standard InChI is InChI=1S/C30H32N6O4/c1-19-16-24(35-40-19)30(39)34-23(17-27(37)36-15-9-14-26(36)22-12-7-4-8-13-22)29(38)32-20(2)28-31-18-25(33-28)21-10-5-3-6-11-21/h3-8,10-13,16,18,20,23,26H,9,14-15,17H2,1-2H3,(H,31,33)(H,32,38)(H,34,39)/t20-,23-,26+/m0/s1. The Morgan fingerprint density at radius 2 is 1.80 bits per heavy atom. The topological polar surface area (TPSA) is 133 Å². The van der Waals surface area contributed by atoms with E-state index < -0.39 is 23.9 Å². The Bertz CT molecular complexity index is 1470. The number of aromatic nitrogens is 3. The van der Waals surface area contributed by atoms with Crippen molar-refractivity contribution < 1.29 is 18.9 Å². The number of nitrogens with zero attached hydrogens (tertiary/aromatic N) is 3. The lowest BCUT2D eigenvalue weighted by atomic mass is 10.0. The van der Waals surface area contributed by atoms with Crippen LogP contribution >= 0.6 is 0 Å². The second-order valence-electron chi connectivity index (χ2n) is 9.99. The van der Waals surface area contributed by atoms with E-state index >= 15 is 0 Å². The molecule has 3 atom stereocenters. The molecule has 3 heterocycles.